The number of hydrogen-bond donors (Lipinski definition) is 0. The molecular weight excluding hydrogens is 189 g/mol. The van der Waals surface area contributed by atoms with Crippen molar-refractivity contribution in [2.24, 2.45) is 0 Å². The molecule has 0 amide bonds. The topological polar surface area (TPSA) is 119 Å². The molecule has 0 aromatic rings. The van der Waals surface area contributed by atoms with Gasteiger partial charge in [0.25, 0.3) is 0 Å². The van der Waals surface area contributed by atoms with Crippen LogP contribution < -0.4 is 0 Å². The van der Waals surface area contributed by atoms with Crippen LogP contribution in [0.25, 0.3) is 0 Å². The summed E-state index contributed by atoms with van der Waals surface area (Å²) in [6, 6.07) is 0. The molecule has 0 aliphatic carbocycles. The third-order valence-corrected chi connectivity index (χ3v) is 3.07. The summed E-state index contributed by atoms with van der Waals surface area (Å²) in [5.74, 6) is 0. The molecule has 11 heavy (non-hydrogen) atoms. The van der Waals surface area contributed by atoms with Crippen LogP contribution in [0.1, 0.15) is 1.43 Å². The van der Waals surface area contributed by atoms with Gasteiger partial charge in [-0.3, -0.25) is 0 Å². The van der Waals surface area contributed by atoms with Crippen LogP contribution in [0.3, 0.4) is 0 Å². The smallest absolute Gasteiger partial charge is 1.00 e. The average molecular weight is 190 g/mol. The minimum absolute atomic E-state index is 0. The van der Waals surface area contributed by atoms with Gasteiger partial charge in [-0.05, 0) is 0 Å². The molecule has 0 radical (unpaired) electrons. The minimum Gasteiger partial charge on any atom is 1.00 e. The van der Waals surface area contributed by atoms with Crippen LogP contribution in [0.4, 0.5) is 0 Å². The van der Waals surface area contributed by atoms with Crippen LogP contribution in [-0.4, -0.2) is 0 Å². The molecule has 0 aromatic carbocycles. The summed E-state index contributed by atoms with van der Waals surface area (Å²) in [5, 5.41) is 47.8. The Hall–Kier alpha value is -2.04. The monoisotopic (exact) mass is 190 g/mol. The molecule has 0 heterocycles. The van der Waals surface area contributed by atoms with Gasteiger partial charge in [-0.1, -0.05) is 0 Å². The normalized spacial score (nSPS) is 11.4. The first-order chi connectivity index (χ1) is 5.12. The summed E-state index contributed by atoms with van der Waals surface area (Å²) in [6.07, 6.45) is 0. The zero-order valence-corrected chi connectivity index (χ0v) is 6.11. The molecule has 0 unspecified atom stereocenters. The zero-order valence-electron chi connectivity index (χ0n) is 6.07. The minimum atomic E-state index is -4.63. The Balaban J connectivity index is 0. The summed E-state index contributed by atoms with van der Waals surface area (Å²) < 4.78 is 0. The number of hydrogen-bond acceptors (Lipinski definition) is 5. The Kier molecular flexibility index (Phi) is 1.87. The van der Waals surface area contributed by atoms with Crippen molar-refractivity contribution in [3.8, 4) is 25.0 Å². The van der Waals surface area contributed by atoms with Gasteiger partial charge in [-0.25, -0.2) is 0 Å². The molecule has 0 saturated carbocycles. The first-order valence-corrected chi connectivity index (χ1v) is 4.55. The van der Waals surface area contributed by atoms with Crippen LogP contribution in [-0.2, 0) is 11.6 Å². The molecular formula is C5HCoN5. The van der Waals surface area contributed by atoms with Crippen LogP contribution >= 0.6 is 0 Å². The molecule has 55 valence electrons. The van der Waals surface area contributed by atoms with Crippen LogP contribution in [0, 0.1) is 51.3 Å². The van der Waals surface area contributed by atoms with E-state index in [4.69, 9.17) is 26.3 Å². The maximum atomic E-state index is 8.34. The predicted molar refractivity (Wildman–Crippen MR) is 29.2 cm³/mol. The van der Waals surface area contributed by atoms with Crippen LogP contribution in [0.5, 0.6) is 0 Å². The molecule has 6 heteroatoms. The number of nitriles is 5. The van der Waals surface area contributed by atoms with Crippen molar-refractivity contribution in [1.82, 2.24) is 0 Å². The fourth-order valence-electron chi connectivity index (χ4n) is 0.167. The molecule has 0 atom stereocenters. The van der Waals surface area contributed by atoms with Crippen LogP contribution in [0.15, 0.2) is 0 Å². The van der Waals surface area contributed by atoms with Gasteiger partial charge in [0, 0.05) is 0 Å². The Morgan fingerprint density at radius 1 is 0.636 bits per heavy atom. The van der Waals surface area contributed by atoms with E-state index in [-0.39, 0.29) is 1.43 Å². The van der Waals surface area contributed by atoms with E-state index in [9.17, 15) is 0 Å². The Morgan fingerprint density at radius 3 is 0.818 bits per heavy atom. The van der Waals surface area contributed by atoms with E-state index in [0.29, 0.717) is 0 Å². The third kappa shape index (κ3) is 0.876. The molecule has 0 fully saturated rings. The summed E-state index contributed by atoms with van der Waals surface area (Å²) in [5.41, 5.74) is 0. The standard InChI is InChI=1S/5CN.Co/c5*1-2;/q;;;;;-1/p+1. The van der Waals surface area contributed by atoms with Gasteiger partial charge >= 0.3 is 64.3 Å². The van der Waals surface area contributed by atoms with E-state index in [1.54, 1.807) is 0 Å². The number of rotatable bonds is 0. The quantitative estimate of drug-likeness (QED) is 0.539. The van der Waals surface area contributed by atoms with E-state index in [0.717, 1.165) is 0 Å². The molecule has 5 nitrogen and oxygen atoms in total. The van der Waals surface area contributed by atoms with Gasteiger partial charge in [0.2, 0.25) is 0 Å². The second-order valence-electron chi connectivity index (χ2n) is 1.21. The summed E-state index contributed by atoms with van der Waals surface area (Å²) >= 11 is -4.63. The molecule has 0 aliphatic rings. The fourth-order valence-corrected chi connectivity index (χ4v) is 0.687. The van der Waals surface area contributed by atoms with Crippen molar-refractivity contribution < 1.29 is 13.0 Å². The average Bonchev–Trinajstić information content (AvgIpc) is 2.12. The molecule has 0 rings (SSSR count). The number of nitrogens with zero attached hydrogens (tertiary/aromatic N) is 5. The van der Waals surface area contributed by atoms with Crippen molar-refractivity contribution in [2.45, 2.75) is 0 Å². The van der Waals surface area contributed by atoms with E-state index < -0.39 is 11.6 Å². The maximum absolute atomic E-state index is 8.34. The van der Waals surface area contributed by atoms with Gasteiger partial charge in [0.15, 0.2) is 0 Å². The van der Waals surface area contributed by atoms with Crippen molar-refractivity contribution in [2.75, 3.05) is 0 Å². The van der Waals surface area contributed by atoms with E-state index in [1.165, 1.54) is 25.0 Å². The molecule has 0 aromatic heterocycles. The molecule has 0 spiro atoms. The Labute approximate surface area is 64.9 Å². The third-order valence-electron chi connectivity index (χ3n) is 0.745. The van der Waals surface area contributed by atoms with Crippen molar-refractivity contribution in [3.05, 3.63) is 0 Å². The Morgan fingerprint density at radius 2 is 0.818 bits per heavy atom. The van der Waals surface area contributed by atoms with E-state index in [2.05, 4.69) is 0 Å². The molecule has 0 bridgehead atoms. The van der Waals surface area contributed by atoms with Gasteiger partial charge in [0.1, 0.15) is 0 Å². The molecule has 0 aliphatic heterocycles. The summed E-state index contributed by atoms with van der Waals surface area (Å²) in [6.45, 7) is 0. The SMILES string of the molecule is N#[C][Co-]([C]#N)([C]#N)([C]#N)[C]#N.[H+]. The first-order valence-electron chi connectivity index (χ1n) is 1.95. The second-order valence-corrected chi connectivity index (χ2v) is 4.97. The van der Waals surface area contributed by atoms with Gasteiger partial charge in [0.05, 0.1) is 0 Å². The largest absolute Gasteiger partial charge is 1.00 e. The van der Waals surface area contributed by atoms with Crippen LogP contribution in [0.2, 0.25) is 0 Å². The van der Waals surface area contributed by atoms with Crippen molar-refractivity contribution in [3.63, 3.8) is 0 Å². The van der Waals surface area contributed by atoms with E-state index >= 15 is 0 Å². The first kappa shape index (κ1) is 8.96. The maximum Gasteiger partial charge on any atom is 1.00 e. The predicted octanol–water partition coefficient (Wildman–Crippen LogP) is 0.194. The van der Waals surface area contributed by atoms with Gasteiger partial charge in [-0.2, -0.15) is 0 Å². The van der Waals surface area contributed by atoms with Gasteiger partial charge < -0.3 is 0 Å². The van der Waals surface area contributed by atoms with E-state index in [1.807, 2.05) is 0 Å². The summed E-state index contributed by atoms with van der Waals surface area (Å²) in [4.78, 5) is 0. The zero-order chi connectivity index (χ0) is 8.98. The van der Waals surface area contributed by atoms with Crippen molar-refractivity contribution in [1.29, 1.82) is 26.3 Å². The fraction of sp³-hybridized carbons (Fsp3) is 0. The molecule has 0 N–H and O–H groups in total. The Bertz CT molecular complexity index is 295. The molecule has 0 saturated heterocycles. The van der Waals surface area contributed by atoms with Gasteiger partial charge in [-0.15, -0.1) is 0 Å². The van der Waals surface area contributed by atoms with Crippen molar-refractivity contribution >= 4 is 0 Å². The summed E-state index contributed by atoms with van der Waals surface area (Å²) in [7, 11) is 0. The second kappa shape index (κ2) is 2.29.